The molecule has 140 valence electrons. The zero-order valence-corrected chi connectivity index (χ0v) is 14.9. The average Bonchev–Trinajstić information content (AvgIpc) is 3.15. The summed E-state index contributed by atoms with van der Waals surface area (Å²) < 4.78 is 42.2. The summed E-state index contributed by atoms with van der Waals surface area (Å²) >= 11 is 0. The van der Waals surface area contributed by atoms with Crippen molar-refractivity contribution in [3.63, 3.8) is 0 Å². The third kappa shape index (κ3) is 2.11. The molecule has 0 aromatic carbocycles. The standard InChI is InChI=1S/C20H28F2O3/c1-18-6-4-13-14-3-2-12(23)10-17(14)19(21,22)11-15(13)16(18)5-7-20(18)24-8-9-25-20/h13-17H,2-11H2,1H3/t13-,14-,15-,16+,17?,18+/m1/s1. The minimum Gasteiger partial charge on any atom is -0.347 e. The fraction of sp³-hybridized carbons (Fsp3) is 0.950. The highest BCUT2D eigenvalue weighted by atomic mass is 19.3. The van der Waals surface area contributed by atoms with Crippen molar-refractivity contribution in [3.05, 3.63) is 0 Å². The Labute approximate surface area is 147 Å². The van der Waals surface area contributed by atoms with Crippen LogP contribution >= 0.6 is 0 Å². The maximum absolute atomic E-state index is 15.0. The summed E-state index contributed by atoms with van der Waals surface area (Å²) in [5, 5.41) is 0. The highest BCUT2D eigenvalue weighted by Gasteiger charge is 2.68. The van der Waals surface area contributed by atoms with E-state index in [9.17, 15) is 4.79 Å². The molecule has 5 aliphatic rings. The Bertz CT molecular complexity index is 585. The van der Waals surface area contributed by atoms with Crippen molar-refractivity contribution in [2.45, 2.75) is 70.0 Å². The van der Waals surface area contributed by atoms with Crippen LogP contribution in [0.4, 0.5) is 8.78 Å². The molecule has 1 saturated heterocycles. The summed E-state index contributed by atoms with van der Waals surface area (Å²) in [6.07, 6.45) is 4.99. The van der Waals surface area contributed by atoms with Crippen LogP contribution < -0.4 is 0 Å². The van der Waals surface area contributed by atoms with Gasteiger partial charge in [0.2, 0.25) is 0 Å². The highest BCUT2D eigenvalue weighted by molar-refractivity contribution is 5.79. The lowest BCUT2D eigenvalue weighted by Gasteiger charge is -2.58. The number of fused-ring (bicyclic) bond motifs is 6. The van der Waals surface area contributed by atoms with Crippen molar-refractivity contribution in [2.24, 2.45) is 35.0 Å². The maximum atomic E-state index is 15.0. The van der Waals surface area contributed by atoms with Gasteiger partial charge >= 0.3 is 0 Å². The largest absolute Gasteiger partial charge is 0.347 e. The van der Waals surface area contributed by atoms with E-state index >= 15 is 8.78 Å². The molecule has 4 saturated carbocycles. The summed E-state index contributed by atoms with van der Waals surface area (Å²) in [5.74, 6) is -3.22. The molecule has 6 atom stereocenters. The van der Waals surface area contributed by atoms with E-state index in [1.54, 1.807) is 0 Å². The van der Waals surface area contributed by atoms with Gasteiger partial charge in [-0.05, 0) is 49.4 Å². The molecule has 1 heterocycles. The van der Waals surface area contributed by atoms with Crippen molar-refractivity contribution in [2.75, 3.05) is 13.2 Å². The third-order valence-electron chi connectivity index (χ3n) is 8.61. The molecule has 5 fully saturated rings. The molecule has 0 bridgehead atoms. The van der Waals surface area contributed by atoms with E-state index in [0.29, 0.717) is 32.0 Å². The number of carbonyl (C=O) groups excluding carboxylic acids is 1. The number of rotatable bonds is 0. The summed E-state index contributed by atoms with van der Waals surface area (Å²) in [6.45, 7) is 3.47. The van der Waals surface area contributed by atoms with E-state index in [1.165, 1.54) is 0 Å². The van der Waals surface area contributed by atoms with E-state index in [4.69, 9.17) is 9.47 Å². The average molecular weight is 354 g/mol. The van der Waals surface area contributed by atoms with E-state index in [0.717, 1.165) is 25.7 Å². The summed E-state index contributed by atoms with van der Waals surface area (Å²) in [4.78, 5) is 11.8. The number of alkyl halides is 2. The van der Waals surface area contributed by atoms with Gasteiger partial charge in [-0.15, -0.1) is 0 Å². The van der Waals surface area contributed by atoms with Crippen LogP contribution in [0.25, 0.3) is 0 Å². The van der Waals surface area contributed by atoms with Gasteiger partial charge in [0.25, 0.3) is 5.92 Å². The molecular weight excluding hydrogens is 326 g/mol. The minimum absolute atomic E-state index is 0.0259. The number of carbonyl (C=O) groups is 1. The molecule has 0 aromatic rings. The van der Waals surface area contributed by atoms with Crippen LogP contribution in [-0.4, -0.2) is 30.7 Å². The van der Waals surface area contributed by atoms with E-state index in [1.807, 2.05) is 0 Å². The minimum atomic E-state index is -2.70. The Hall–Kier alpha value is -0.550. The maximum Gasteiger partial charge on any atom is 0.251 e. The molecule has 0 radical (unpaired) electrons. The second-order valence-electron chi connectivity index (χ2n) is 9.40. The number of hydrogen-bond acceptors (Lipinski definition) is 3. The Kier molecular flexibility index (Phi) is 3.49. The first-order valence-corrected chi connectivity index (χ1v) is 10.0. The predicted octanol–water partition coefficient (Wildman–Crippen LogP) is 4.20. The zero-order valence-electron chi connectivity index (χ0n) is 14.9. The fourth-order valence-electron chi connectivity index (χ4n) is 7.50. The summed E-state index contributed by atoms with van der Waals surface area (Å²) in [6, 6.07) is 0. The van der Waals surface area contributed by atoms with Gasteiger partial charge in [-0.2, -0.15) is 0 Å². The first-order valence-electron chi connectivity index (χ1n) is 10.0. The lowest BCUT2D eigenvalue weighted by molar-refractivity contribution is -0.254. The van der Waals surface area contributed by atoms with Crippen LogP contribution in [0.3, 0.4) is 0 Å². The number of ketones is 1. The van der Waals surface area contributed by atoms with Gasteiger partial charge in [0.15, 0.2) is 5.79 Å². The molecule has 3 nitrogen and oxygen atoms in total. The molecule has 4 aliphatic carbocycles. The van der Waals surface area contributed by atoms with Gasteiger partial charge in [0.05, 0.1) is 13.2 Å². The monoisotopic (exact) mass is 354 g/mol. The van der Waals surface area contributed by atoms with Gasteiger partial charge in [-0.1, -0.05) is 6.92 Å². The van der Waals surface area contributed by atoms with Crippen LogP contribution in [0.2, 0.25) is 0 Å². The Morgan fingerprint density at radius 3 is 2.48 bits per heavy atom. The second-order valence-corrected chi connectivity index (χ2v) is 9.40. The normalized spacial score (nSPS) is 50.4. The van der Waals surface area contributed by atoms with Crippen LogP contribution in [0.5, 0.6) is 0 Å². The predicted molar refractivity (Wildman–Crippen MR) is 87.1 cm³/mol. The first kappa shape index (κ1) is 16.6. The SMILES string of the molecule is C[C@]12CC[C@H]3[C@@H](CC(F)(F)C4CC(=O)CC[C@@H]43)[C@@H]1CCC21OCCO1. The molecule has 0 N–H and O–H groups in total. The smallest absolute Gasteiger partial charge is 0.251 e. The number of hydrogen-bond donors (Lipinski definition) is 0. The molecule has 1 unspecified atom stereocenters. The molecule has 5 heteroatoms. The number of halogens is 2. The van der Waals surface area contributed by atoms with Crippen molar-refractivity contribution >= 4 is 5.78 Å². The molecule has 0 aromatic heterocycles. The van der Waals surface area contributed by atoms with E-state index in [2.05, 4.69) is 6.92 Å². The highest BCUT2D eigenvalue weighted by Crippen LogP contribution is 2.68. The quantitative estimate of drug-likeness (QED) is 0.654. The zero-order chi connectivity index (χ0) is 17.4. The molecule has 0 amide bonds. The number of Topliss-reactive ketones (excluding diaryl/α,β-unsaturated/α-hetero) is 1. The number of ether oxygens (including phenoxy) is 2. The topological polar surface area (TPSA) is 35.5 Å². The third-order valence-corrected chi connectivity index (χ3v) is 8.61. The van der Waals surface area contributed by atoms with E-state index < -0.39 is 17.6 Å². The van der Waals surface area contributed by atoms with Gasteiger partial charge < -0.3 is 9.47 Å². The molecule has 25 heavy (non-hydrogen) atoms. The first-order chi connectivity index (χ1) is 11.9. The van der Waals surface area contributed by atoms with Crippen molar-refractivity contribution in [1.82, 2.24) is 0 Å². The van der Waals surface area contributed by atoms with Crippen LogP contribution in [0.15, 0.2) is 0 Å². The van der Waals surface area contributed by atoms with Crippen LogP contribution in [0, 0.1) is 35.0 Å². The van der Waals surface area contributed by atoms with Crippen LogP contribution in [-0.2, 0) is 14.3 Å². The Morgan fingerprint density at radius 2 is 1.72 bits per heavy atom. The molecule has 5 rings (SSSR count). The van der Waals surface area contributed by atoms with Crippen molar-refractivity contribution in [3.8, 4) is 0 Å². The van der Waals surface area contributed by atoms with E-state index in [-0.39, 0.29) is 41.8 Å². The van der Waals surface area contributed by atoms with Gasteiger partial charge in [-0.3, -0.25) is 4.79 Å². The van der Waals surface area contributed by atoms with Gasteiger partial charge in [0, 0.05) is 37.0 Å². The summed E-state index contributed by atoms with van der Waals surface area (Å²) in [7, 11) is 0. The Balaban J connectivity index is 1.48. The fourth-order valence-corrected chi connectivity index (χ4v) is 7.50. The lowest BCUT2D eigenvalue weighted by Crippen LogP contribution is -2.58. The molecule has 1 spiro atoms. The molecule has 1 aliphatic heterocycles. The lowest BCUT2D eigenvalue weighted by atomic mass is 9.49. The second kappa shape index (κ2) is 5.25. The van der Waals surface area contributed by atoms with Crippen molar-refractivity contribution in [1.29, 1.82) is 0 Å². The van der Waals surface area contributed by atoms with Crippen molar-refractivity contribution < 1.29 is 23.0 Å². The Morgan fingerprint density at radius 1 is 0.960 bits per heavy atom. The van der Waals surface area contributed by atoms with Gasteiger partial charge in [0.1, 0.15) is 5.78 Å². The summed E-state index contributed by atoms with van der Waals surface area (Å²) in [5.41, 5.74) is -0.141. The van der Waals surface area contributed by atoms with Gasteiger partial charge in [-0.25, -0.2) is 8.78 Å². The molecular formula is C20H28F2O3. The van der Waals surface area contributed by atoms with Crippen LogP contribution in [0.1, 0.15) is 58.3 Å².